The third-order valence-electron chi connectivity index (χ3n) is 7.20. The van der Waals surface area contributed by atoms with Crippen molar-refractivity contribution in [3.05, 3.63) is 28.8 Å². The third kappa shape index (κ3) is 4.22. The van der Waals surface area contributed by atoms with E-state index >= 15 is 0 Å². The normalized spacial score (nSPS) is 30.7. The molecular weight excluding hydrogens is 428 g/mol. The lowest BCUT2D eigenvalue weighted by molar-refractivity contribution is -0.128. The second-order valence-corrected chi connectivity index (χ2v) is 11.3. The van der Waals surface area contributed by atoms with Crippen LogP contribution in [0.25, 0.3) is 0 Å². The molecule has 0 heterocycles. The lowest BCUT2D eigenvalue weighted by Crippen LogP contribution is -2.56. The molecular formula is C21H27ClN2O5S. The van der Waals surface area contributed by atoms with E-state index in [0.29, 0.717) is 0 Å². The molecule has 7 nitrogen and oxygen atoms in total. The maximum absolute atomic E-state index is 12.5. The van der Waals surface area contributed by atoms with Gasteiger partial charge in [0, 0.05) is 6.04 Å². The summed E-state index contributed by atoms with van der Waals surface area (Å²) in [6, 6.07) is 3.53. The van der Waals surface area contributed by atoms with E-state index in [9.17, 15) is 18.0 Å². The highest BCUT2D eigenvalue weighted by atomic mass is 35.5. The average molecular weight is 455 g/mol. The number of amides is 1. The zero-order valence-corrected chi connectivity index (χ0v) is 18.5. The highest BCUT2D eigenvalue weighted by Crippen LogP contribution is 2.61. The predicted molar refractivity (Wildman–Crippen MR) is 111 cm³/mol. The second kappa shape index (κ2) is 7.80. The fourth-order valence-corrected chi connectivity index (χ4v) is 6.93. The number of ether oxygens (including phenoxy) is 1. The number of rotatable bonds is 6. The van der Waals surface area contributed by atoms with Crippen molar-refractivity contribution in [2.24, 2.45) is 28.3 Å². The number of esters is 1. The number of nitrogens with two attached hydrogens (primary N) is 1. The minimum atomic E-state index is -3.99. The van der Waals surface area contributed by atoms with E-state index in [1.165, 1.54) is 31.4 Å². The summed E-state index contributed by atoms with van der Waals surface area (Å²) in [5, 5.41) is 8.14. The molecule has 0 radical (unpaired) electrons. The Morgan fingerprint density at radius 2 is 1.77 bits per heavy atom. The van der Waals surface area contributed by atoms with Gasteiger partial charge in [-0.15, -0.1) is 0 Å². The zero-order valence-electron chi connectivity index (χ0n) is 16.9. The third-order valence-corrected chi connectivity index (χ3v) is 8.44. The summed E-state index contributed by atoms with van der Waals surface area (Å²) < 4.78 is 28.1. The number of hydrogen-bond donors (Lipinski definition) is 2. The van der Waals surface area contributed by atoms with Crippen LogP contribution in [0.1, 0.15) is 55.8 Å². The zero-order chi connectivity index (χ0) is 21.7. The molecule has 3 N–H and O–H groups in total. The fraction of sp³-hybridized carbons (Fsp3) is 0.619. The van der Waals surface area contributed by atoms with Gasteiger partial charge in [0.15, 0.2) is 6.61 Å². The molecule has 5 rings (SSSR count). The number of carbonyl (C=O) groups excluding carboxylic acids is 2. The first-order valence-electron chi connectivity index (χ1n) is 10.3. The average Bonchev–Trinajstić information content (AvgIpc) is 2.64. The van der Waals surface area contributed by atoms with E-state index in [1.807, 2.05) is 0 Å². The van der Waals surface area contributed by atoms with Gasteiger partial charge < -0.3 is 10.1 Å². The van der Waals surface area contributed by atoms with E-state index in [4.69, 9.17) is 21.5 Å². The minimum absolute atomic E-state index is 0.0198. The smallest absolute Gasteiger partial charge is 0.340 e. The van der Waals surface area contributed by atoms with Crippen molar-refractivity contribution < 1.29 is 22.7 Å². The maximum atomic E-state index is 12.5. The molecule has 1 aromatic rings. The number of benzene rings is 1. The summed E-state index contributed by atoms with van der Waals surface area (Å²) in [7, 11) is -3.99. The molecule has 164 valence electrons. The quantitative estimate of drug-likeness (QED) is 0.641. The van der Waals surface area contributed by atoms with Crippen LogP contribution in [-0.4, -0.2) is 32.9 Å². The number of sulfonamides is 1. The molecule has 30 heavy (non-hydrogen) atoms. The molecule has 4 aliphatic rings. The van der Waals surface area contributed by atoms with Gasteiger partial charge in [-0.3, -0.25) is 4.79 Å². The molecule has 4 bridgehead atoms. The molecule has 0 saturated heterocycles. The standard InChI is InChI=1S/C21H27ClN2O5S/c1-12(21-8-13-4-14(9-21)6-15(5-13)10-21)24-19(25)11-29-20(26)17-7-16(30(23,27)28)2-3-18(17)22/h2-3,7,12-15H,4-6,8-11H2,1H3,(H,24,25)(H2,23,27,28). The van der Waals surface area contributed by atoms with E-state index in [1.54, 1.807) is 0 Å². The first-order valence-corrected chi connectivity index (χ1v) is 12.3. The Balaban J connectivity index is 1.36. The van der Waals surface area contributed by atoms with Gasteiger partial charge in [0.05, 0.1) is 15.5 Å². The van der Waals surface area contributed by atoms with Crippen LogP contribution in [0.3, 0.4) is 0 Å². The van der Waals surface area contributed by atoms with Crippen LogP contribution in [0.4, 0.5) is 0 Å². The van der Waals surface area contributed by atoms with Gasteiger partial charge in [-0.25, -0.2) is 18.4 Å². The maximum Gasteiger partial charge on any atom is 0.340 e. The molecule has 1 unspecified atom stereocenters. The van der Waals surface area contributed by atoms with Gasteiger partial charge in [-0.1, -0.05) is 11.6 Å². The Morgan fingerprint density at radius 3 is 2.30 bits per heavy atom. The van der Waals surface area contributed by atoms with Crippen molar-refractivity contribution in [1.82, 2.24) is 5.32 Å². The molecule has 0 spiro atoms. The molecule has 1 amide bonds. The number of hydrogen-bond acceptors (Lipinski definition) is 5. The van der Waals surface area contributed by atoms with Crippen LogP contribution < -0.4 is 10.5 Å². The van der Waals surface area contributed by atoms with Crippen LogP contribution in [-0.2, 0) is 19.6 Å². The summed E-state index contributed by atoms with van der Waals surface area (Å²) in [5.74, 6) is 1.10. The molecule has 1 aromatic carbocycles. The first kappa shape index (κ1) is 21.6. The molecule has 0 aromatic heterocycles. The molecule has 1 atom stereocenters. The van der Waals surface area contributed by atoms with E-state index in [0.717, 1.165) is 43.1 Å². The van der Waals surface area contributed by atoms with Crippen molar-refractivity contribution >= 4 is 33.5 Å². The SMILES string of the molecule is CC(NC(=O)COC(=O)c1cc(S(N)(=O)=O)ccc1Cl)C12CC3CC(CC(C3)C1)C2. The molecule has 4 fully saturated rings. The Labute approximate surface area is 181 Å². The van der Waals surface area contributed by atoms with Gasteiger partial charge in [0.2, 0.25) is 10.0 Å². The van der Waals surface area contributed by atoms with Gasteiger partial charge in [0.1, 0.15) is 0 Å². The largest absolute Gasteiger partial charge is 0.452 e. The number of carbonyl (C=O) groups is 2. The van der Waals surface area contributed by atoms with Gasteiger partial charge >= 0.3 is 5.97 Å². The highest BCUT2D eigenvalue weighted by molar-refractivity contribution is 7.89. The lowest BCUT2D eigenvalue weighted by atomic mass is 9.48. The Morgan fingerprint density at radius 1 is 1.20 bits per heavy atom. The fourth-order valence-electron chi connectivity index (χ4n) is 6.19. The van der Waals surface area contributed by atoms with Crippen molar-refractivity contribution in [3.63, 3.8) is 0 Å². The summed E-state index contributed by atoms with van der Waals surface area (Å²) in [6.45, 7) is 1.60. The molecule has 0 aliphatic heterocycles. The van der Waals surface area contributed by atoms with Crippen LogP contribution in [0.5, 0.6) is 0 Å². The summed E-state index contributed by atoms with van der Waals surface area (Å²) in [5.41, 5.74) is 0.00628. The van der Waals surface area contributed by atoms with Gasteiger partial charge in [-0.05, 0) is 86.8 Å². The van der Waals surface area contributed by atoms with Crippen LogP contribution >= 0.6 is 11.6 Å². The number of halogens is 1. The van der Waals surface area contributed by atoms with Crippen LogP contribution in [0, 0.1) is 23.2 Å². The predicted octanol–water partition coefficient (Wildman–Crippen LogP) is 2.87. The van der Waals surface area contributed by atoms with Crippen molar-refractivity contribution in [2.45, 2.75) is 56.4 Å². The highest BCUT2D eigenvalue weighted by Gasteiger charge is 2.53. The van der Waals surface area contributed by atoms with E-state index in [-0.39, 0.29) is 32.8 Å². The summed E-state index contributed by atoms with van der Waals surface area (Å²) in [6.07, 6.45) is 7.48. The monoisotopic (exact) mass is 454 g/mol. The number of nitrogens with one attached hydrogen (secondary N) is 1. The van der Waals surface area contributed by atoms with E-state index < -0.39 is 22.6 Å². The minimum Gasteiger partial charge on any atom is -0.452 e. The number of primary sulfonamides is 1. The Bertz CT molecular complexity index is 942. The van der Waals surface area contributed by atoms with Crippen LogP contribution in [0.2, 0.25) is 5.02 Å². The molecule has 4 aliphatic carbocycles. The Hall–Kier alpha value is -1.64. The van der Waals surface area contributed by atoms with Crippen molar-refractivity contribution in [1.29, 1.82) is 0 Å². The van der Waals surface area contributed by atoms with Crippen molar-refractivity contribution in [2.75, 3.05) is 6.61 Å². The Kier molecular flexibility index (Phi) is 5.61. The van der Waals surface area contributed by atoms with Gasteiger partial charge in [0.25, 0.3) is 5.91 Å². The van der Waals surface area contributed by atoms with Gasteiger partial charge in [-0.2, -0.15) is 0 Å². The van der Waals surface area contributed by atoms with Crippen molar-refractivity contribution in [3.8, 4) is 0 Å². The van der Waals surface area contributed by atoms with Crippen LogP contribution in [0.15, 0.2) is 23.1 Å². The topological polar surface area (TPSA) is 116 Å². The van der Waals surface area contributed by atoms with E-state index in [2.05, 4.69) is 12.2 Å². The summed E-state index contributed by atoms with van der Waals surface area (Å²) in [4.78, 5) is 24.5. The lowest BCUT2D eigenvalue weighted by Gasteiger charge is -2.59. The first-order chi connectivity index (χ1) is 14.1. The second-order valence-electron chi connectivity index (χ2n) is 9.33. The summed E-state index contributed by atoms with van der Waals surface area (Å²) >= 11 is 5.98. The molecule has 4 saturated carbocycles. The molecule has 9 heteroatoms.